The summed E-state index contributed by atoms with van der Waals surface area (Å²) < 4.78 is 34.5. The zero-order valence-corrected chi connectivity index (χ0v) is 14.0. The number of amides is 1. The van der Waals surface area contributed by atoms with Crippen molar-refractivity contribution in [2.75, 3.05) is 7.11 Å². The molecule has 26 heavy (non-hydrogen) atoms. The molecule has 0 aromatic heterocycles. The Morgan fingerprint density at radius 1 is 1.04 bits per heavy atom. The quantitative estimate of drug-likeness (QED) is 0.712. The van der Waals surface area contributed by atoms with Gasteiger partial charge in [0.1, 0.15) is 11.5 Å². The number of para-hydroxylation sites is 1. The number of carbonyl (C=O) groups excluding carboxylic acids is 1. The fraction of sp³-hybridized carbons (Fsp3) is 0.150. The topological polar surface area (TPSA) is 47.6 Å². The Kier molecular flexibility index (Phi) is 5.31. The average molecular weight is 357 g/mol. The van der Waals surface area contributed by atoms with Crippen molar-refractivity contribution in [3.8, 4) is 11.5 Å². The van der Waals surface area contributed by atoms with Crippen LogP contribution in [0.2, 0.25) is 0 Å². The predicted molar refractivity (Wildman–Crippen MR) is 94.7 cm³/mol. The van der Waals surface area contributed by atoms with Crippen LogP contribution in [-0.4, -0.2) is 19.6 Å². The summed E-state index contributed by atoms with van der Waals surface area (Å²) in [5.74, 6) is 0.149. The van der Waals surface area contributed by atoms with Crippen LogP contribution >= 0.6 is 0 Å². The van der Waals surface area contributed by atoms with Crippen molar-refractivity contribution in [1.82, 2.24) is 5.32 Å². The summed E-state index contributed by atoms with van der Waals surface area (Å²) in [5.41, 5.74) is 0.960. The Hall–Kier alpha value is -3.15. The molecule has 0 fully saturated rings. The number of hydrogen-bond donors (Lipinski definition) is 1. The lowest BCUT2D eigenvalue weighted by Crippen LogP contribution is -2.23. The van der Waals surface area contributed by atoms with Gasteiger partial charge in [0, 0.05) is 6.54 Å². The van der Waals surface area contributed by atoms with Crippen LogP contribution in [-0.2, 0) is 6.54 Å². The third-order valence-corrected chi connectivity index (χ3v) is 3.91. The summed E-state index contributed by atoms with van der Waals surface area (Å²) in [7, 11) is 1.61. The normalized spacial score (nSPS) is 10.8. The second-order valence-electron chi connectivity index (χ2n) is 5.60. The lowest BCUT2D eigenvalue weighted by molar-refractivity contribution is -0.0501. The van der Waals surface area contributed by atoms with E-state index in [1.807, 2.05) is 36.4 Å². The van der Waals surface area contributed by atoms with Crippen LogP contribution in [0.3, 0.4) is 0 Å². The second-order valence-corrected chi connectivity index (χ2v) is 5.60. The number of fused-ring (bicyclic) bond motifs is 1. The molecule has 1 N–H and O–H groups in total. The van der Waals surface area contributed by atoms with Crippen molar-refractivity contribution >= 4 is 16.7 Å². The van der Waals surface area contributed by atoms with E-state index in [0.29, 0.717) is 0 Å². The van der Waals surface area contributed by atoms with Gasteiger partial charge in [-0.25, -0.2) is 0 Å². The van der Waals surface area contributed by atoms with Crippen LogP contribution in [0.15, 0.2) is 60.7 Å². The lowest BCUT2D eigenvalue weighted by Gasteiger charge is -2.11. The standard InChI is InChI=1S/C20H17F2NO3/c1-25-16-9-8-14-10-13(6-7-15(14)11-16)12-23-19(24)17-4-2-3-5-18(17)26-20(21)22/h2-11,20H,12H2,1H3,(H,23,24). The SMILES string of the molecule is COc1ccc2cc(CNC(=O)c3ccccc3OC(F)F)ccc2c1. The Morgan fingerprint density at radius 2 is 1.77 bits per heavy atom. The molecule has 0 atom stereocenters. The Balaban J connectivity index is 1.73. The maximum Gasteiger partial charge on any atom is 0.387 e. The Morgan fingerprint density at radius 3 is 2.54 bits per heavy atom. The zero-order chi connectivity index (χ0) is 18.5. The molecule has 0 aliphatic heterocycles. The van der Waals surface area contributed by atoms with Gasteiger partial charge < -0.3 is 14.8 Å². The zero-order valence-electron chi connectivity index (χ0n) is 14.0. The van der Waals surface area contributed by atoms with Crippen LogP contribution in [0.25, 0.3) is 10.8 Å². The molecule has 3 rings (SSSR count). The Labute approximate surface area is 149 Å². The molecule has 0 spiro atoms. The van der Waals surface area contributed by atoms with Crippen LogP contribution in [0.4, 0.5) is 8.78 Å². The first kappa shape index (κ1) is 17.7. The number of carbonyl (C=O) groups is 1. The van der Waals surface area contributed by atoms with Crippen LogP contribution in [0, 0.1) is 0 Å². The molecule has 0 saturated heterocycles. The monoisotopic (exact) mass is 357 g/mol. The molecule has 0 heterocycles. The van der Waals surface area contributed by atoms with E-state index in [-0.39, 0.29) is 17.9 Å². The molecule has 0 aliphatic carbocycles. The van der Waals surface area contributed by atoms with E-state index in [1.54, 1.807) is 13.2 Å². The summed E-state index contributed by atoms with van der Waals surface area (Å²) >= 11 is 0. The van der Waals surface area contributed by atoms with Gasteiger partial charge in [0.25, 0.3) is 5.91 Å². The highest BCUT2D eigenvalue weighted by Gasteiger charge is 2.15. The van der Waals surface area contributed by atoms with Crippen molar-refractivity contribution in [2.24, 2.45) is 0 Å². The highest BCUT2D eigenvalue weighted by molar-refractivity contribution is 5.97. The summed E-state index contributed by atoms with van der Waals surface area (Å²) in [5, 5.41) is 4.76. The van der Waals surface area contributed by atoms with Gasteiger partial charge >= 0.3 is 6.61 Å². The van der Waals surface area contributed by atoms with Gasteiger partial charge in [0.2, 0.25) is 0 Å². The highest BCUT2D eigenvalue weighted by Crippen LogP contribution is 2.23. The first-order valence-corrected chi connectivity index (χ1v) is 7.95. The number of nitrogens with one attached hydrogen (secondary N) is 1. The Bertz CT molecular complexity index is 928. The minimum absolute atomic E-state index is 0.0679. The smallest absolute Gasteiger partial charge is 0.387 e. The van der Waals surface area contributed by atoms with Gasteiger partial charge in [-0.3, -0.25) is 4.79 Å². The number of ether oxygens (including phenoxy) is 2. The first-order chi connectivity index (χ1) is 12.6. The maximum absolute atomic E-state index is 12.5. The van der Waals surface area contributed by atoms with Gasteiger partial charge in [-0.1, -0.05) is 30.3 Å². The summed E-state index contributed by atoms with van der Waals surface area (Å²) in [6.07, 6.45) is 0. The van der Waals surface area contributed by atoms with Crippen LogP contribution < -0.4 is 14.8 Å². The molecule has 0 radical (unpaired) electrons. The lowest BCUT2D eigenvalue weighted by atomic mass is 10.1. The first-order valence-electron chi connectivity index (χ1n) is 7.95. The molecule has 0 unspecified atom stereocenters. The average Bonchev–Trinajstić information content (AvgIpc) is 2.65. The van der Waals surface area contributed by atoms with E-state index in [2.05, 4.69) is 10.1 Å². The molecule has 3 aromatic carbocycles. The molecular formula is C20H17F2NO3. The highest BCUT2D eigenvalue weighted by atomic mass is 19.3. The molecule has 4 nitrogen and oxygen atoms in total. The number of methoxy groups -OCH3 is 1. The molecule has 6 heteroatoms. The van der Waals surface area contributed by atoms with Crippen molar-refractivity contribution in [3.63, 3.8) is 0 Å². The second kappa shape index (κ2) is 7.82. The minimum Gasteiger partial charge on any atom is -0.497 e. The van der Waals surface area contributed by atoms with E-state index in [4.69, 9.17) is 4.74 Å². The molecule has 1 amide bonds. The van der Waals surface area contributed by atoms with Gasteiger partial charge in [0.05, 0.1) is 12.7 Å². The molecule has 134 valence electrons. The molecule has 3 aromatic rings. The van der Waals surface area contributed by atoms with E-state index in [1.165, 1.54) is 18.2 Å². The number of rotatable bonds is 6. The van der Waals surface area contributed by atoms with Gasteiger partial charge in [-0.15, -0.1) is 0 Å². The van der Waals surface area contributed by atoms with E-state index in [0.717, 1.165) is 22.1 Å². The van der Waals surface area contributed by atoms with Crippen LogP contribution in [0.5, 0.6) is 11.5 Å². The van der Waals surface area contributed by atoms with Crippen molar-refractivity contribution in [3.05, 3.63) is 71.8 Å². The van der Waals surface area contributed by atoms with Crippen LogP contribution in [0.1, 0.15) is 15.9 Å². The number of alkyl halides is 2. The summed E-state index contributed by atoms with van der Waals surface area (Å²) in [6, 6.07) is 17.4. The summed E-state index contributed by atoms with van der Waals surface area (Å²) in [4.78, 5) is 12.3. The third kappa shape index (κ3) is 4.08. The number of halogens is 2. The summed E-state index contributed by atoms with van der Waals surface area (Å²) in [6.45, 7) is -2.72. The van der Waals surface area contributed by atoms with E-state index in [9.17, 15) is 13.6 Å². The number of benzene rings is 3. The van der Waals surface area contributed by atoms with E-state index >= 15 is 0 Å². The fourth-order valence-corrected chi connectivity index (χ4v) is 2.64. The molecular weight excluding hydrogens is 340 g/mol. The maximum atomic E-state index is 12.5. The predicted octanol–water partition coefficient (Wildman–Crippen LogP) is 4.38. The van der Waals surface area contributed by atoms with Crippen molar-refractivity contribution in [2.45, 2.75) is 13.2 Å². The number of hydrogen-bond acceptors (Lipinski definition) is 3. The molecule has 0 bridgehead atoms. The third-order valence-electron chi connectivity index (χ3n) is 3.91. The molecule has 0 aliphatic rings. The molecule has 0 saturated carbocycles. The van der Waals surface area contributed by atoms with Gasteiger partial charge in [-0.05, 0) is 46.7 Å². The fourth-order valence-electron chi connectivity index (χ4n) is 2.64. The van der Waals surface area contributed by atoms with Gasteiger partial charge in [0.15, 0.2) is 0 Å². The van der Waals surface area contributed by atoms with Crippen molar-refractivity contribution < 1.29 is 23.0 Å². The largest absolute Gasteiger partial charge is 0.497 e. The minimum atomic E-state index is -2.98. The van der Waals surface area contributed by atoms with Gasteiger partial charge in [-0.2, -0.15) is 8.78 Å². The van der Waals surface area contributed by atoms with Crippen molar-refractivity contribution in [1.29, 1.82) is 0 Å². The van der Waals surface area contributed by atoms with E-state index < -0.39 is 12.5 Å².